The van der Waals surface area contributed by atoms with E-state index >= 15 is 0 Å². The van der Waals surface area contributed by atoms with Gasteiger partial charge in [0.25, 0.3) is 5.91 Å². The van der Waals surface area contributed by atoms with Crippen LogP contribution in [0, 0.1) is 0 Å². The monoisotopic (exact) mass is 422 g/mol. The Morgan fingerprint density at radius 2 is 1.77 bits per heavy atom. The Bertz CT molecular complexity index is 1170. The summed E-state index contributed by atoms with van der Waals surface area (Å²) in [4.78, 5) is 13.8. The molecule has 0 aliphatic carbocycles. The average Bonchev–Trinajstić information content (AvgIpc) is 3.17. The van der Waals surface area contributed by atoms with Gasteiger partial charge >= 0.3 is 0 Å². The maximum absolute atomic E-state index is 12.2. The molecule has 152 valence electrons. The summed E-state index contributed by atoms with van der Waals surface area (Å²) in [7, 11) is 0. The van der Waals surface area contributed by atoms with Gasteiger partial charge in [0.15, 0.2) is 6.61 Å². The van der Waals surface area contributed by atoms with Crippen LogP contribution >= 0.6 is 11.6 Å². The van der Waals surface area contributed by atoms with Crippen LogP contribution in [0.3, 0.4) is 0 Å². The summed E-state index contributed by atoms with van der Waals surface area (Å²) < 4.78 is 10.9. The number of nitrogens with one attached hydrogen (secondary N) is 1. The molecule has 0 unspecified atom stereocenters. The topological polar surface area (TPSA) is 78.3 Å². The molecular weight excluding hydrogens is 404 g/mol. The SMILES string of the molecule is CCOc1ccc(-n2nc3ccc(NC(=O)COc4ccccc4Cl)cc3n2)cc1. The van der Waals surface area contributed by atoms with Crippen molar-refractivity contribution in [3.05, 3.63) is 71.8 Å². The van der Waals surface area contributed by atoms with Gasteiger partial charge in [0.1, 0.15) is 22.5 Å². The maximum Gasteiger partial charge on any atom is 0.262 e. The van der Waals surface area contributed by atoms with Gasteiger partial charge < -0.3 is 14.8 Å². The molecule has 3 aromatic carbocycles. The van der Waals surface area contributed by atoms with Crippen LogP contribution in [0.25, 0.3) is 16.7 Å². The molecule has 0 fully saturated rings. The predicted molar refractivity (Wildman–Crippen MR) is 116 cm³/mol. The van der Waals surface area contributed by atoms with Crippen molar-refractivity contribution in [2.24, 2.45) is 0 Å². The first-order valence-corrected chi connectivity index (χ1v) is 9.77. The van der Waals surface area contributed by atoms with Gasteiger partial charge in [0, 0.05) is 5.69 Å². The Balaban J connectivity index is 1.44. The number of halogens is 1. The fourth-order valence-electron chi connectivity index (χ4n) is 2.85. The van der Waals surface area contributed by atoms with Gasteiger partial charge in [-0.2, -0.15) is 4.80 Å². The molecule has 0 bridgehead atoms. The molecule has 1 N–H and O–H groups in total. The third-order valence-corrected chi connectivity index (χ3v) is 4.55. The second kappa shape index (κ2) is 8.84. The number of carbonyl (C=O) groups is 1. The first-order valence-electron chi connectivity index (χ1n) is 9.40. The molecule has 7 nitrogen and oxygen atoms in total. The van der Waals surface area contributed by atoms with E-state index in [1.54, 1.807) is 47.3 Å². The highest BCUT2D eigenvalue weighted by Gasteiger charge is 2.09. The molecule has 0 radical (unpaired) electrons. The third kappa shape index (κ3) is 4.52. The van der Waals surface area contributed by atoms with E-state index in [-0.39, 0.29) is 12.5 Å². The van der Waals surface area contributed by atoms with Gasteiger partial charge in [-0.1, -0.05) is 23.7 Å². The lowest BCUT2D eigenvalue weighted by Gasteiger charge is -2.08. The molecule has 4 aromatic rings. The molecular formula is C22H19ClN4O3. The maximum atomic E-state index is 12.2. The standard InChI is InChI=1S/C22H19ClN4O3/c1-2-29-17-10-8-16(9-11-17)27-25-19-12-7-15(13-20(19)26-27)24-22(28)14-30-21-6-4-3-5-18(21)23/h3-13H,2,14H2,1H3,(H,24,28). The summed E-state index contributed by atoms with van der Waals surface area (Å²) >= 11 is 6.03. The zero-order valence-corrected chi connectivity index (χ0v) is 17.0. The van der Waals surface area contributed by atoms with E-state index in [0.717, 1.165) is 11.4 Å². The molecule has 0 saturated heterocycles. The van der Waals surface area contributed by atoms with Crippen LogP contribution in [0.15, 0.2) is 66.7 Å². The summed E-state index contributed by atoms with van der Waals surface area (Å²) in [6, 6.07) is 19.9. The molecule has 0 atom stereocenters. The van der Waals surface area contributed by atoms with Crippen molar-refractivity contribution in [1.82, 2.24) is 15.0 Å². The fourth-order valence-corrected chi connectivity index (χ4v) is 3.04. The van der Waals surface area contributed by atoms with Crippen molar-refractivity contribution < 1.29 is 14.3 Å². The number of rotatable bonds is 7. The van der Waals surface area contributed by atoms with Gasteiger partial charge in [-0.05, 0) is 61.5 Å². The minimum Gasteiger partial charge on any atom is -0.494 e. The van der Waals surface area contributed by atoms with Crippen molar-refractivity contribution in [2.45, 2.75) is 6.92 Å². The molecule has 30 heavy (non-hydrogen) atoms. The quantitative estimate of drug-likeness (QED) is 0.474. The van der Waals surface area contributed by atoms with Crippen LogP contribution < -0.4 is 14.8 Å². The van der Waals surface area contributed by atoms with Gasteiger partial charge in [0.2, 0.25) is 0 Å². The van der Waals surface area contributed by atoms with E-state index in [0.29, 0.717) is 34.1 Å². The van der Waals surface area contributed by atoms with E-state index in [2.05, 4.69) is 15.5 Å². The molecule has 0 spiro atoms. The molecule has 8 heteroatoms. The number of nitrogens with zero attached hydrogens (tertiary/aromatic N) is 3. The third-order valence-electron chi connectivity index (χ3n) is 4.24. The fraction of sp³-hybridized carbons (Fsp3) is 0.136. The first-order chi connectivity index (χ1) is 14.6. The Kier molecular flexibility index (Phi) is 5.81. The van der Waals surface area contributed by atoms with Crippen LogP contribution in [0.1, 0.15) is 6.92 Å². The summed E-state index contributed by atoms with van der Waals surface area (Å²) in [6.07, 6.45) is 0. The number of anilines is 1. The molecule has 0 saturated carbocycles. The van der Waals surface area contributed by atoms with Gasteiger partial charge in [-0.3, -0.25) is 4.79 Å². The van der Waals surface area contributed by atoms with E-state index in [1.807, 2.05) is 31.2 Å². The number of hydrogen-bond donors (Lipinski definition) is 1. The van der Waals surface area contributed by atoms with Gasteiger partial charge in [-0.25, -0.2) is 0 Å². The number of carbonyl (C=O) groups excluding carboxylic acids is 1. The zero-order valence-electron chi connectivity index (χ0n) is 16.2. The minimum absolute atomic E-state index is 0.152. The summed E-state index contributed by atoms with van der Waals surface area (Å²) in [6.45, 7) is 2.40. The average molecular weight is 423 g/mol. The number of para-hydroxylation sites is 1. The van der Waals surface area contributed by atoms with E-state index < -0.39 is 0 Å². The van der Waals surface area contributed by atoms with E-state index in [4.69, 9.17) is 21.1 Å². The van der Waals surface area contributed by atoms with Crippen molar-refractivity contribution in [3.8, 4) is 17.2 Å². The lowest BCUT2D eigenvalue weighted by atomic mass is 10.3. The van der Waals surface area contributed by atoms with Gasteiger partial charge in [-0.15, -0.1) is 10.2 Å². The smallest absolute Gasteiger partial charge is 0.262 e. The molecule has 0 aliphatic heterocycles. The van der Waals surface area contributed by atoms with Crippen molar-refractivity contribution in [1.29, 1.82) is 0 Å². The normalized spacial score (nSPS) is 10.7. The summed E-state index contributed by atoms with van der Waals surface area (Å²) in [5.74, 6) is 0.957. The molecule has 4 rings (SSSR count). The summed E-state index contributed by atoms with van der Waals surface area (Å²) in [5.41, 5.74) is 2.80. The number of aromatic nitrogens is 3. The molecule has 1 amide bonds. The van der Waals surface area contributed by atoms with Crippen LogP contribution in [0.5, 0.6) is 11.5 Å². The van der Waals surface area contributed by atoms with E-state index in [1.165, 1.54) is 0 Å². The zero-order chi connectivity index (χ0) is 20.9. The molecule has 1 aromatic heterocycles. The Morgan fingerprint density at radius 3 is 2.53 bits per heavy atom. The number of benzene rings is 3. The first kappa shape index (κ1) is 19.7. The Hall–Kier alpha value is -3.58. The number of fused-ring (bicyclic) bond motifs is 1. The van der Waals surface area contributed by atoms with Gasteiger partial charge in [0.05, 0.1) is 17.3 Å². The van der Waals surface area contributed by atoms with Crippen LogP contribution in [0.2, 0.25) is 5.02 Å². The second-order valence-corrected chi connectivity index (χ2v) is 6.79. The largest absolute Gasteiger partial charge is 0.494 e. The van der Waals surface area contributed by atoms with E-state index in [9.17, 15) is 4.79 Å². The Labute approximate surface area is 178 Å². The lowest BCUT2D eigenvalue weighted by molar-refractivity contribution is -0.118. The summed E-state index contributed by atoms with van der Waals surface area (Å²) in [5, 5.41) is 12.2. The minimum atomic E-state index is -0.298. The second-order valence-electron chi connectivity index (χ2n) is 6.39. The molecule has 0 aliphatic rings. The highest BCUT2D eigenvalue weighted by Crippen LogP contribution is 2.23. The number of ether oxygens (including phenoxy) is 2. The highest BCUT2D eigenvalue weighted by atomic mass is 35.5. The predicted octanol–water partition coefficient (Wildman–Crippen LogP) is 4.49. The van der Waals surface area contributed by atoms with Crippen molar-refractivity contribution in [2.75, 3.05) is 18.5 Å². The van der Waals surface area contributed by atoms with Crippen LogP contribution in [0.4, 0.5) is 5.69 Å². The van der Waals surface area contributed by atoms with Crippen molar-refractivity contribution in [3.63, 3.8) is 0 Å². The van der Waals surface area contributed by atoms with Crippen LogP contribution in [-0.4, -0.2) is 34.1 Å². The number of amides is 1. The van der Waals surface area contributed by atoms with Crippen LogP contribution in [-0.2, 0) is 4.79 Å². The molecule has 1 heterocycles. The lowest BCUT2D eigenvalue weighted by Crippen LogP contribution is -2.20. The van der Waals surface area contributed by atoms with Crippen molar-refractivity contribution >= 4 is 34.2 Å². The number of hydrogen-bond acceptors (Lipinski definition) is 5. The Morgan fingerprint density at radius 1 is 1.00 bits per heavy atom. The highest BCUT2D eigenvalue weighted by molar-refractivity contribution is 6.32.